The highest BCUT2D eigenvalue weighted by Crippen LogP contribution is 2.16. The summed E-state index contributed by atoms with van der Waals surface area (Å²) in [4.78, 5) is 0. The molecule has 18 heavy (non-hydrogen) atoms. The van der Waals surface area contributed by atoms with Crippen LogP contribution in [-0.2, 0) is 19.7 Å². The summed E-state index contributed by atoms with van der Waals surface area (Å²) in [5.74, 6) is 0.0103. The summed E-state index contributed by atoms with van der Waals surface area (Å²) in [5.41, 5.74) is 0. The normalized spacial score (nSPS) is 14.8. The lowest BCUT2D eigenvalue weighted by atomic mass is 10.2. The number of rotatable bonds is 6. The van der Waals surface area contributed by atoms with E-state index in [1.165, 1.54) is 6.26 Å². The van der Waals surface area contributed by atoms with Gasteiger partial charge in [0.15, 0.2) is 19.7 Å². The van der Waals surface area contributed by atoms with Crippen LogP contribution in [0.3, 0.4) is 0 Å². The van der Waals surface area contributed by atoms with E-state index >= 15 is 0 Å². The first-order chi connectivity index (χ1) is 7.71. The molecule has 0 aliphatic rings. The van der Waals surface area contributed by atoms with Gasteiger partial charge >= 0.3 is 0 Å². The lowest BCUT2D eigenvalue weighted by Crippen LogP contribution is -2.43. The highest BCUT2D eigenvalue weighted by Gasteiger charge is 2.31. The van der Waals surface area contributed by atoms with Crippen LogP contribution in [0.15, 0.2) is 0 Å². The standard InChI is InChI=1S/C11H25NO4S2/c1-10(2,3)18(15,16)8-7-12-9-11(4,5)17(6,13)14/h12H,7-9H2,1-6H3. The van der Waals surface area contributed by atoms with Gasteiger partial charge in [0.2, 0.25) is 0 Å². The highest BCUT2D eigenvalue weighted by atomic mass is 32.2. The maximum Gasteiger partial charge on any atom is 0.156 e. The van der Waals surface area contributed by atoms with Crippen molar-refractivity contribution in [1.82, 2.24) is 5.32 Å². The van der Waals surface area contributed by atoms with E-state index in [9.17, 15) is 16.8 Å². The molecule has 5 nitrogen and oxygen atoms in total. The van der Waals surface area contributed by atoms with Gasteiger partial charge in [-0.05, 0) is 34.6 Å². The molecule has 0 radical (unpaired) electrons. The quantitative estimate of drug-likeness (QED) is 0.727. The van der Waals surface area contributed by atoms with Crippen molar-refractivity contribution in [3.63, 3.8) is 0 Å². The predicted molar refractivity (Wildman–Crippen MR) is 75.3 cm³/mol. The van der Waals surface area contributed by atoms with Crippen LogP contribution in [0.2, 0.25) is 0 Å². The fourth-order valence-corrected chi connectivity index (χ4v) is 2.42. The van der Waals surface area contributed by atoms with E-state index in [0.717, 1.165) is 0 Å². The maximum absolute atomic E-state index is 11.8. The van der Waals surface area contributed by atoms with Crippen molar-refractivity contribution in [1.29, 1.82) is 0 Å². The minimum absolute atomic E-state index is 0.0103. The Bertz CT molecular complexity index is 470. The van der Waals surface area contributed by atoms with Gasteiger partial charge in [-0.1, -0.05) is 0 Å². The monoisotopic (exact) mass is 299 g/mol. The average molecular weight is 299 g/mol. The van der Waals surface area contributed by atoms with E-state index in [4.69, 9.17) is 0 Å². The van der Waals surface area contributed by atoms with Gasteiger partial charge in [-0.2, -0.15) is 0 Å². The van der Waals surface area contributed by atoms with Gasteiger partial charge in [0.1, 0.15) is 0 Å². The van der Waals surface area contributed by atoms with Gasteiger partial charge in [0, 0.05) is 19.3 Å². The summed E-state index contributed by atoms with van der Waals surface area (Å²) >= 11 is 0. The second kappa shape index (κ2) is 5.46. The molecule has 0 fully saturated rings. The number of nitrogens with one attached hydrogen (secondary N) is 1. The molecule has 7 heteroatoms. The Morgan fingerprint density at radius 3 is 1.72 bits per heavy atom. The van der Waals surface area contributed by atoms with E-state index in [1.807, 2.05) is 0 Å². The van der Waals surface area contributed by atoms with Crippen molar-refractivity contribution in [2.75, 3.05) is 25.1 Å². The summed E-state index contributed by atoms with van der Waals surface area (Å²) < 4.78 is 44.9. The number of hydrogen-bond acceptors (Lipinski definition) is 5. The Kier molecular flexibility index (Phi) is 5.42. The lowest BCUT2D eigenvalue weighted by molar-refractivity contribution is 0.523. The van der Waals surface area contributed by atoms with Crippen molar-refractivity contribution in [3.05, 3.63) is 0 Å². The third-order valence-electron chi connectivity index (χ3n) is 3.04. The Morgan fingerprint density at radius 2 is 1.39 bits per heavy atom. The summed E-state index contributed by atoms with van der Waals surface area (Å²) in [6, 6.07) is 0. The molecule has 0 unspecified atom stereocenters. The lowest BCUT2D eigenvalue weighted by Gasteiger charge is -2.24. The van der Waals surface area contributed by atoms with Crippen LogP contribution in [0, 0.1) is 0 Å². The Balaban J connectivity index is 4.35. The van der Waals surface area contributed by atoms with E-state index < -0.39 is 29.2 Å². The molecule has 110 valence electrons. The molecule has 0 aliphatic carbocycles. The molecule has 0 rings (SSSR count). The zero-order valence-electron chi connectivity index (χ0n) is 12.1. The van der Waals surface area contributed by atoms with Crippen molar-refractivity contribution in [2.24, 2.45) is 0 Å². The van der Waals surface area contributed by atoms with Crippen molar-refractivity contribution >= 4 is 19.7 Å². The molecule has 0 saturated carbocycles. The Morgan fingerprint density at radius 1 is 0.944 bits per heavy atom. The summed E-state index contributed by atoms with van der Waals surface area (Å²) in [5, 5.41) is 2.90. The van der Waals surface area contributed by atoms with E-state index in [2.05, 4.69) is 5.32 Å². The van der Waals surface area contributed by atoms with Gasteiger partial charge in [0.05, 0.1) is 15.2 Å². The maximum atomic E-state index is 11.8. The summed E-state index contributed by atoms with van der Waals surface area (Å²) in [6.07, 6.45) is 1.18. The summed E-state index contributed by atoms with van der Waals surface area (Å²) in [7, 11) is -6.32. The molecule has 0 heterocycles. The Hall–Kier alpha value is -0.140. The molecule has 1 N–H and O–H groups in total. The van der Waals surface area contributed by atoms with Crippen LogP contribution in [0.1, 0.15) is 34.6 Å². The molecule has 0 bridgehead atoms. The second-order valence-corrected chi connectivity index (χ2v) is 11.7. The zero-order chi connectivity index (χ0) is 14.8. The first-order valence-corrected chi connectivity index (χ1v) is 9.38. The van der Waals surface area contributed by atoms with Gasteiger partial charge in [-0.15, -0.1) is 0 Å². The predicted octanol–water partition coefficient (Wildman–Crippen LogP) is 0.613. The van der Waals surface area contributed by atoms with Crippen LogP contribution in [0.4, 0.5) is 0 Å². The summed E-state index contributed by atoms with van der Waals surface area (Å²) in [6.45, 7) is 8.71. The molecular weight excluding hydrogens is 274 g/mol. The molecule has 0 aromatic heterocycles. The molecule has 0 atom stereocenters. The number of hydrogen-bond donors (Lipinski definition) is 1. The van der Waals surface area contributed by atoms with Gasteiger partial charge in [0.25, 0.3) is 0 Å². The molecular formula is C11H25NO4S2. The molecule has 0 aromatic rings. The van der Waals surface area contributed by atoms with E-state index in [-0.39, 0.29) is 18.8 Å². The largest absolute Gasteiger partial charge is 0.314 e. The van der Waals surface area contributed by atoms with Crippen molar-refractivity contribution in [3.8, 4) is 0 Å². The number of sulfone groups is 2. The molecule has 0 saturated heterocycles. The van der Waals surface area contributed by atoms with E-state index in [0.29, 0.717) is 0 Å². The van der Waals surface area contributed by atoms with Crippen molar-refractivity contribution in [2.45, 2.75) is 44.1 Å². The topological polar surface area (TPSA) is 80.3 Å². The van der Waals surface area contributed by atoms with Crippen LogP contribution >= 0.6 is 0 Å². The van der Waals surface area contributed by atoms with Crippen LogP contribution in [0.5, 0.6) is 0 Å². The second-order valence-electron chi connectivity index (χ2n) is 6.14. The van der Waals surface area contributed by atoms with Crippen LogP contribution in [-0.4, -0.2) is 51.4 Å². The van der Waals surface area contributed by atoms with Gasteiger partial charge in [-0.3, -0.25) is 0 Å². The molecule has 0 aromatic carbocycles. The minimum Gasteiger partial charge on any atom is -0.314 e. The van der Waals surface area contributed by atoms with Crippen molar-refractivity contribution < 1.29 is 16.8 Å². The third-order valence-corrected chi connectivity index (χ3v) is 7.79. The minimum atomic E-state index is -3.16. The van der Waals surface area contributed by atoms with Crippen LogP contribution < -0.4 is 5.32 Å². The first-order valence-electron chi connectivity index (χ1n) is 5.83. The van der Waals surface area contributed by atoms with Gasteiger partial charge in [-0.25, -0.2) is 16.8 Å². The molecule has 0 aliphatic heterocycles. The van der Waals surface area contributed by atoms with Gasteiger partial charge < -0.3 is 5.32 Å². The van der Waals surface area contributed by atoms with E-state index in [1.54, 1.807) is 34.6 Å². The average Bonchev–Trinajstić information content (AvgIpc) is 2.08. The third kappa shape index (κ3) is 4.85. The zero-order valence-corrected chi connectivity index (χ0v) is 13.7. The SMILES string of the molecule is CC(C)(CNCCS(=O)(=O)C(C)(C)C)S(C)(=O)=O. The molecule has 0 spiro atoms. The fourth-order valence-electron chi connectivity index (χ4n) is 1.03. The highest BCUT2D eigenvalue weighted by molar-refractivity contribution is 7.92. The van der Waals surface area contributed by atoms with Crippen LogP contribution in [0.25, 0.3) is 0 Å². The molecule has 0 amide bonds. The first kappa shape index (κ1) is 17.9. The smallest absolute Gasteiger partial charge is 0.156 e. The Labute approximate surface area is 111 Å². The fraction of sp³-hybridized carbons (Fsp3) is 1.00.